The van der Waals surface area contributed by atoms with Crippen LogP contribution in [0.2, 0.25) is 0 Å². The summed E-state index contributed by atoms with van der Waals surface area (Å²) in [7, 11) is 0. The molecule has 0 saturated heterocycles. The van der Waals surface area contributed by atoms with E-state index in [2.05, 4.69) is 25.3 Å². The van der Waals surface area contributed by atoms with E-state index in [9.17, 15) is 0 Å². The van der Waals surface area contributed by atoms with Gasteiger partial charge in [-0.2, -0.15) is 15.0 Å². The largest absolute Gasteiger partial charge is 0.464 e. The normalized spacial score (nSPS) is 11.9. The van der Waals surface area contributed by atoms with Gasteiger partial charge in [0.05, 0.1) is 18.3 Å². The Kier molecular flexibility index (Phi) is 4.07. The van der Waals surface area contributed by atoms with Gasteiger partial charge in [0, 0.05) is 6.20 Å². The summed E-state index contributed by atoms with van der Waals surface area (Å²) in [5, 5.41) is 3.11. The molecular formula is C12H16N6O. The maximum Gasteiger partial charge on any atom is 0.323 e. The van der Waals surface area contributed by atoms with Crippen LogP contribution in [0.15, 0.2) is 24.4 Å². The van der Waals surface area contributed by atoms with Crippen molar-refractivity contribution in [1.29, 1.82) is 0 Å². The lowest BCUT2D eigenvalue weighted by Crippen LogP contribution is -2.13. The molecule has 2 heterocycles. The van der Waals surface area contributed by atoms with Crippen molar-refractivity contribution in [3.63, 3.8) is 0 Å². The lowest BCUT2D eigenvalue weighted by atomic mass is 10.2. The molecule has 2 aromatic rings. The molecule has 2 rings (SSSR count). The second-order valence-electron chi connectivity index (χ2n) is 3.85. The number of nitrogens with one attached hydrogen (secondary N) is 1. The van der Waals surface area contributed by atoms with Crippen molar-refractivity contribution >= 4 is 11.9 Å². The van der Waals surface area contributed by atoms with Crippen LogP contribution >= 0.6 is 0 Å². The lowest BCUT2D eigenvalue weighted by Gasteiger charge is -2.13. The van der Waals surface area contributed by atoms with Gasteiger partial charge in [-0.25, -0.2) is 0 Å². The number of nitrogens with zero attached hydrogens (tertiary/aromatic N) is 4. The summed E-state index contributed by atoms with van der Waals surface area (Å²) >= 11 is 0. The fourth-order valence-electron chi connectivity index (χ4n) is 1.53. The van der Waals surface area contributed by atoms with Gasteiger partial charge in [0.1, 0.15) is 0 Å². The van der Waals surface area contributed by atoms with Crippen molar-refractivity contribution in [1.82, 2.24) is 19.9 Å². The third-order valence-electron chi connectivity index (χ3n) is 2.38. The summed E-state index contributed by atoms with van der Waals surface area (Å²) in [5.74, 6) is 0.489. The van der Waals surface area contributed by atoms with E-state index >= 15 is 0 Å². The molecule has 0 aromatic carbocycles. The van der Waals surface area contributed by atoms with E-state index < -0.39 is 0 Å². The Morgan fingerprint density at radius 3 is 2.84 bits per heavy atom. The Hall–Kier alpha value is -2.44. The minimum Gasteiger partial charge on any atom is -0.464 e. The van der Waals surface area contributed by atoms with Gasteiger partial charge in [-0.1, -0.05) is 6.07 Å². The Bertz CT molecular complexity index is 533. The Morgan fingerprint density at radius 1 is 1.32 bits per heavy atom. The van der Waals surface area contributed by atoms with Crippen molar-refractivity contribution < 1.29 is 4.74 Å². The maximum atomic E-state index is 5.61. The van der Waals surface area contributed by atoms with Crippen LogP contribution in [0.4, 0.5) is 11.9 Å². The topological polar surface area (TPSA) is 98.8 Å². The van der Waals surface area contributed by atoms with Gasteiger partial charge >= 0.3 is 6.01 Å². The molecule has 7 nitrogen and oxygen atoms in total. The van der Waals surface area contributed by atoms with Crippen LogP contribution in [0.5, 0.6) is 6.01 Å². The molecule has 7 heteroatoms. The summed E-state index contributed by atoms with van der Waals surface area (Å²) in [6.45, 7) is 4.28. The number of rotatable bonds is 5. The molecule has 19 heavy (non-hydrogen) atoms. The smallest absolute Gasteiger partial charge is 0.323 e. The molecule has 0 saturated carbocycles. The molecule has 1 atom stereocenters. The maximum absolute atomic E-state index is 5.61. The number of hydrogen-bond donors (Lipinski definition) is 2. The van der Waals surface area contributed by atoms with Crippen molar-refractivity contribution in [3.8, 4) is 6.01 Å². The first-order valence-corrected chi connectivity index (χ1v) is 6.01. The van der Waals surface area contributed by atoms with Crippen LogP contribution in [-0.4, -0.2) is 26.5 Å². The van der Waals surface area contributed by atoms with E-state index in [1.54, 1.807) is 6.20 Å². The van der Waals surface area contributed by atoms with E-state index in [4.69, 9.17) is 10.5 Å². The number of pyridine rings is 1. The summed E-state index contributed by atoms with van der Waals surface area (Å²) in [5.41, 5.74) is 6.49. The molecule has 100 valence electrons. The van der Waals surface area contributed by atoms with Gasteiger partial charge in [-0.15, -0.1) is 0 Å². The average Bonchev–Trinajstić information content (AvgIpc) is 2.39. The highest BCUT2D eigenvalue weighted by atomic mass is 16.5. The molecule has 0 aliphatic rings. The van der Waals surface area contributed by atoms with Gasteiger partial charge in [0.15, 0.2) is 0 Å². The zero-order chi connectivity index (χ0) is 13.7. The van der Waals surface area contributed by atoms with Crippen LogP contribution in [0.1, 0.15) is 25.6 Å². The number of nitrogens with two attached hydrogens (primary N) is 1. The van der Waals surface area contributed by atoms with Crippen LogP contribution in [0, 0.1) is 0 Å². The first-order valence-electron chi connectivity index (χ1n) is 6.01. The molecule has 0 fully saturated rings. The highest BCUT2D eigenvalue weighted by Crippen LogP contribution is 2.16. The standard InChI is InChI=1S/C12H16N6O/c1-3-19-12-17-10(13)16-11(18-12)15-8(2)9-6-4-5-7-14-9/h4-8H,3H2,1-2H3,(H3,13,15,16,17,18). The predicted octanol–water partition coefficient (Wildman–Crippen LogP) is 1.42. The first-order chi connectivity index (χ1) is 9.19. The molecule has 0 spiro atoms. The summed E-state index contributed by atoms with van der Waals surface area (Å²) in [6, 6.07) is 5.88. The second-order valence-corrected chi connectivity index (χ2v) is 3.85. The lowest BCUT2D eigenvalue weighted by molar-refractivity contribution is 0.312. The number of aromatic nitrogens is 4. The molecule has 0 aliphatic carbocycles. The van der Waals surface area contributed by atoms with Crippen molar-refractivity contribution in [2.75, 3.05) is 17.7 Å². The fraction of sp³-hybridized carbons (Fsp3) is 0.333. The molecule has 1 unspecified atom stereocenters. The van der Waals surface area contributed by atoms with Gasteiger partial charge in [0.2, 0.25) is 11.9 Å². The Labute approximate surface area is 111 Å². The number of anilines is 2. The molecular weight excluding hydrogens is 244 g/mol. The number of ether oxygens (including phenoxy) is 1. The summed E-state index contributed by atoms with van der Waals surface area (Å²) in [6.07, 6.45) is 1.74. The van der Waals surface area contributed by atoms with E-state index in [1.165, 1.54) is 0 Å². The molecule has 0 bridgehead atoms. The summed E-state index contributed by atoms with van der Waals surface area (Å²) in [4.78, 5) is 16.3. The zero-order valence-corrected chi connectivity index (χ0v) is 10.9. The highest BCUT2D eigenvalue weighted by molar-refractivity contribution is 5.34. The van der Waals surface area contributed by atoms with E-state index in [1.807, 2.05) is 32.0 Å². The van der Waals surface area contributed by atoms with Crippen LogP contribution in [0.25, 0.3) is 0 Å². The predicted molar refractivity (Wildman–Crippen MR) is 71.7 cm³/mol. The van der Waals surface area contributed by atoms with Gasteiger partial charge in [-0.05, 0) is 26.0 Å². The SMILES string of the molecule is CCOc1nc(N)nc(NC(C)c2ccccn2)n1. The van der Waals surface area contributed by atoms with Gasteiger partial charge in [0.25, 0.3) is 0 Å². The summed E-state index contributed by atoms with van der Waals surface area (Å²) < 4.78 is 5.22. The monoisotopic (exact) mass is 260 g/mol. The minimum atomic E-state index is -0.0440. The van der Waals surface area contributed by atoms with E-state index in [-0.39, 0.29) is 18.0 Å². The van der Waals surface area contributed by atoms with Crippen LogP contribution in [0.3, 0.4) is 0 Å². The molecule has 0 radical (unpaired) electrons. The Morgan fingerprint density at radius 2 is 2.16 bits per heavy atom. The zero-order valence-electron chi connectivity index (χ0n) is 10.9. The van der Waals surface area contributed by atoms with E-state index in [0.717, 1.165) is 5.69 Å². The van der Waals surface area contributed by atoms with Crippen molar-refractivity contribution in [3.05, 3.63) is 30.1 Å². The molecule has 0 amide bonds. The quantitative estimate of drug-likeness (QED) is 0.838. The number of hydrogen-bond acceptors (Lipinski definition) is 7. The Balaban J connectivity index is 2.14. The van der Waals surface area contributed by atoms with Gasteiger partial charge in [-0.3, -0.25) is 4.98 Å². The van der Waals surface area contributed by atoms with Crippen LogP contribution in [-0.2, 0) is 0 Å². The second kappa shape index (κ2) is 5.94. The first kappa shape index (κ1) is 13.0. The van der Waals surface area contributed by atoms with Crippen LogP contribution < -0.4 is 15.8 Å². The fourth-order valence-corrected chi connectivity index (χ4v) is 1.53. The van der Waals surface area contributed by atoms with Gasteiger partial charge < -0.3 is 15.8 Å². The molecule has 3 N–H and O–H groups in total. The highest BCUT2D eigenvalue weighted by Gasteiger charge is 2.10. The third kappa shape index (κ3) is 3.51. The average molecular weight is 260 g/mol. The van der Waals surface area contributed by atoms with Crippen molar-refractivity contribution in [2.45, 2.75) is 19.9 Å². The third-order valence-corrected chi connectivity index (χ3v) is 2.38. The van der Waals surface area contributed by atoms with E-state index in [0.29, 0.717) is 12.6 Å². The van der Waals surface area contributed by atoms with Crippen molar-refractivity contribution in [2.24, 2.45) is 0 Å². The minimum absolute atomic E-state index is 0.0440. The molecule has 0 aliphatic heterocycles. The number of nitrogen functional groups attached to an aromatic ring is 1. The molecule has 2 aromatic heterocycles.